The predicted molar refractivity (Wildman–Crippen MR) is 111 cm³/mol. The maximum absolute atomic E-state index is 5.55. The molecule has 1 heterocycles. The molecule has 0 aliphatic heterocycles. The number of ether oxygens (including phenoxy) is 1. The summed E-state index contributed by atoms with van der Waals surface area (Å²) in [6.07, 6.45) is 0. The van der Waals surface area contributed by atoms with Gasteiger partial charge in [0.05, 0.1) is 12.8 Å². The molecule has 2 aromatic carbocycles. The summed E-state index contributed by atoms with van der Waals surface area (Å²) < 4.78 is 7.65. The molecule has 1 aromatic heterocycles. The first-order valence-electron chi connectivity index (χ1n) is 9.51. The van der Waals surface area contributed by atoms with E-state index in [1.165, 1.54) is 22.4 Å². The zero-order valence-electron chi connectivity index (χ0n) is 16.7. The molecule has 0 radical (unpaired) electrons. The standard InChI is InChI=1S/C23H29N3O/c1-17(16-26-19(3)12-18(2)25-26)14-24-15-22-13-21(10-11-23(22)27-4)20-8-6-5-7-9-20/h5-13,17,24H,14-16H2,1-4H3. The summed E-state index contributed by atoms with van der Waals surface area (Å²) in [5, 5.41) is 8.14. The second-order valence-electron chi connectivity index (χ2n) is 7.24. The normalized spacial score (nSPS) is 12.1. The van der Waals surface area contributed by atoms with E-state index in [2.05, 4.69) is 77.5 Å². The molecule has 3 rings (SSSR count). The summed E-state index contributed by atoms with van der Waals surface area (Å²) >= 11 is 0. The molecule has 1 atom stereocenters. The number of nitrogens with zero attached hydrogens (tertiary/aromatic N) is 2. The van der Waals surface area contributed by atoms with Crippen molar-refractivity contribution in [3.63, 3.8) is 0 Å². The predicted octanol–water partition coefficient (Wildman–Crippen LogP) is 4.60. The Kier molecular flexibility index (Phi) is 6.30. The van der Waals surface area contributed by atoms with E-state index < -0.39 is 0 Å². The summed E-state index contributed by atoms with van der Waals surface area (Å²) in [7, 11) is 1.73. The molecule has 0 bridgehead atoms. The van der Waals surface area contributed by atoms with Crippen molar-refractivity contribution < 1.29 is 4.74 Å². The van der Waals surface area contributed by atoms with E-state index in [1.807, 2.05) is 13.0 Å². The SMILES string of the molecule is COc1ccc(-c2ccccc2)cc1CNCC(C)Cn1nc(C)cc1C. The van der Waals surface area contributed by atoms with E-state index in [0.717, 1.165) is 31.1 Å². The van der Waals surface area contributed by atoms with Crippen LogP contribution in [-0.2, 0) is 13.1 Å². The fourth-order valence-electron chi connectivity index (χ4n) is 3.40. The first-order chi connectivity index (χ1) is 13.1. The zero-order valence-corrected chi connectivity index (χ0v) is 16.7. The fraction of sp³-hybridized carbons (Fsp3) is 0.348. The minimum Gasteiger partial charge on any atom is -0.496 e. The Morgan fingerprint density at radius 1 is 1.04 bits per heavy atom. The first-order valence-corrected chi connectivity index (χ1v) is 9.51. The molecule has 1 unspecified atom stereocenters. The molecule has 0 aliphatic carbocycles. The highest BCUT2D eigenvalue weighted by atomic mass is 16.5. The Balaban J connectivity index is 1.62. The van der Waals surface area contributed by atoms with Crippen molar-refractivity contribution >= 4 is 0 Å². The highest BCUT2D eigenvalue weighted by Crippen LogP contribution is 2.26. The lowest BCUT2D eigenvalue weighted by atomic mass is 10.0. The molecule has 0 saturated heterocycles. The van der Waals surface area contributed by atoms with Crippen molar-refractivity contribution in [1.29, 1.82) is 0 Å². The summed E-state index contributed by atoms with van der Waals surface area (Å²) in [4.78, 5) is 0. The summed E-state index contributed by atoms with van der Waals surface area (Å²) in [5.41, 5.74) is 5.91. The van der Waals surface area contributed by atoms with Crippen LogP contribution in [-0.4, -0.2) is 23.4 Å². The van der Waals surface area contributed by atoms with Gasteiger partial charge in [-0.15, -0.1) is 0 Å². The van der Waals surface area contributed by atoms with Crippen molar-refractivity contribution in [3.05, 3.63) is 71.5 Å². The Hall–Kier alpha value is -2.59. The molecule has 1 N–H and O–H groups in total. The van der Waals surface area contributed by atoms with Crippen LogP contribution in [0.25, 0.3) is 11.1 Å². The number of rotatable bonds is 8. The smallest absolute Gasteiger partial charge is 0.123 e. The van der Waals surface area contributed by atoms with Crippen LogP contribution in [0.1, 0.15) is 23.9 Å². The average Bonchev–Trinajstić information content (AvgIpc) is 2.99. The number of benzene rings is 2. The second kappa shape index (κ2) is 8.87. The van der Waals surface area contributed by atoms with Crippen molar-refractivity contribution in [2.24, 2.45) is 5.92 Å². The van der Waals surface area contributed by atoms with Crippen molar-refractivity contribution in [1.82, 2.24) is 15.1 Å². The van der Waals surface area contributed by atoms with E-state index in [-0.39, 0.29) is 0 Å². The quantitative estimate of drug-likeness (QED) is 0.636. The van der Waals surface area contributed by atoms with Gasteiger partial charge in [0.1, 0.15) is 5.75 Å². The van der Waals surface area contributed by atoms with E-state index in [1.54, 1.807) is 7.11 Å². The molecule has 142 valence electrons. The lowest BCUT2D eigenvalue weighted by Gasteiger charge is -2.16. The molecule has 4 nitrogen and oxygen atoms in total. The summed E-state index contributed by atoms with van der Waals surface area (Å²) in [6.45, 7) is 9.04. The van der Waals surface area contributed by atoms with Crippen LogP contribution in [0.15, 0.2) is 54.6 Å². The van der Waals surface area contributed by atoms with Crippen LogP contribution >= 0.6 is 0 Å². The van der Waals surface area contributed by atoms with Gasteiger partial charge in [-0.3, -0.25) is 4.68 Å². The molecule has 0 amide bonds. The van der Waals surface area contributed by atoms with Crippen LogP contribution in [0, 0.1) is 19.8 Å². The Bertz CT molecular complexity index is 871. The minimum absolute atomic E-state index is 0.492. The highest BCUT2D eigenvalue weighted by molar-refractivity contribution is 5.65. The van der Waals surface area contributed by atoms with Crippen LogP contribution in [0.5, 0.6) is 5.75 Å². The van der Waals surface area contributed by atoms with Gasteiger partial charge < -0.3 is 10.1 Å². The molecule has 27 heavy (non-hydrogen) atoms. The molecule has 4 heteroatoms. The fourth-order valence-corrected chi connectivity index (χ4v) is 3.40. The topological polar surface area (TPSA) is 39.1 Å². The molecule has 0 fully saturated rings. The maximum atomic E-state index is 5.55. The maximum Gasteiger partial charge on any atom is 0.123 e. The van der Waals surface area contributed by atoms with E-state index in [0.29, 0.717) is 5.92 Å². The zero-order chi connectivity index (χ0) is 19.2. The number of aryl methyl sites for hydroxylation is 2. The van der Waals surface area contributed by atoms with Gasteiger partial charge in [0.15, 0.2) is 0 Å². The van der Waals surface area contributed by atoms with E-state index in [4.69, 9.17) is 4.74 Å². The molecule has 0 aliphatic rings. The lowest BCUT2D eigenvalue weighted by Crippen LogP contribution is -2.24. The third kappa shape index (κ3) is 4.98. The highest BCUT2D eigenvalue weighted by Gasteiger charge is 2.09. The third-order valence-corrected chi connectivity index (χ3v) is 4.78. The minimum atomic E-state index is 0.492. The Morgan fingerprint density at radius 3 is 2.48 bits per heavy atom. The first kappa shape index (κ1) is 19.2. The number of methoxy groups -OCH3 is 1. The van der Waals surface area contributed by atoms with Crippen molar-refractivity contribution in [2.45, 2.75) is 33.9 Å². The molecular formula is C23H29N3O. The van der Waals surface area contributed by atoms with Gasteiger partial charge in [-0.1, -0.05) is 43.3 Å². The largest absolute Gasteiger partial charge is 0.496 e. The van der Waals surface area contributed by atoms with Gasteiger partial charge in [-0.05, 0) is 55.6 Å². The van der Waals surface area contributed by atoms with Crippen LogP contribution in [0.4, 0.5) is 0 Å². The number of hydrogen-bond acceptors (Lipinski definition) is 3. The second-order valence-corrected chi connectivity index (χ2v) is 7.24. The van der Waals surface area contributed by atoms with Gasteiger partial charge in [0.2, 0.25) is 0 Å². The van der Waals surface area contributed by atoms with Gasteiger partial charge >= 0.3 is 0 Å². The van der Waals surface area contributed by atoms with E-state index in [9.17, 15) is 0 Å². The monoisotopic (exact) mass is 363 g/mol. The number of nitrogens with one attached hydrogen (secondary N) is 1. The molecule has 3 aromatic rings. The molecule has 0 saturated carbocycles. The van der Waals surface area contributed by atoms with Gasteiger partial charge in [-0.2, -0.15) is 5.10 Å². The molecule has 0 spiro atoms. The van der Waals surface area contributed by atoms with Crippen molar-refractivity contribution in [3.8, 4) is 16.9 Å². The van der Waals surface area contributed by atoms with Gasteiger partial charge in [-0.25, -0.2) is 0 Å². The summed E-state index contributed by atoms with van der Waals surface area (Å²) in [5.74, 6) is 1.42. The van der Waals surface area contributed by atoms with E-state index >= 15 is 0 Å². The molecular weight excluding hydrogens is 334 g/mol. The van der Waals surface area contributed by atoms with Gasteiger partial charge in [0, 0.05) is 24.3 Å². The Morgan fingerprint density at radius 2 is 1.81 bits per heavy atom. The summed E-state index contributed by atoms with van der Waals surface area (Å²) in [6, 6.07) is 19.0. The van der Waals surface area contributed by atoms with Crippen molar-refractivity contribution in [2.75, 3.05) is 13.7 Å². The Labute approximate surface area is 162 Å². The lowest BCUT2D eigenvalue weighted by molar-refractivity contribution is 0.398. The third-order valence-electron chi connectivity index (χ3n) is 4.78. The van der Waals surface area contributed by atoms with Crippen LogP contribution in [0.2, 0.25) is 0 Å². The number of hydrogen-bond donors (Lipinski definition) is 1. The average molecular weight is 364 g/mol. The van der Waals surface area contributed by atoms with Gasteiger partial charge in [0.25, 0.3) is 0 Å². The number of aromatic nitrogens is 2. The van der Waals surface area contributed by atoms with Crippen LogP contribution < -0.4 is 10.1 Å². The van der Waals surface area contributed by atoms with Crippen LogP contribution in [0.3, 0.4) is 0 Å².